The van der Waals surface area contributed by atoms with Gasteiger partial charge in [-0.25, -0.2) is 0 Å². The summed E-state index contributed by atoms with van der Waals surface area (Å²) in [5.74, 6) is 0.448. The van der Waals surface area contributed by atoms with Crippen molar-refractivity contribution in [1.82, 2.24) is 0 Å². The van der Waals surface area contributed by atoms with E-state index in [-0.39, 0.29) is 17.1 Å². The standard InChI is InChI=1S/C23H28O4/c1-2-21-14-22(26,15-24)23(27,17-6-4-3-5-7-17)13-18(21)9-8-16-12-19(25)10-11-20(16)21/h3-7,10-12,18,24-27H,2,8-9,13-15H2,1H3. The van der Waals surface area contributed by atoms with Gasteiger partial charge in [0.1, 0.15) is 17.0 Å². The topological polar surface area (TPSA) is 80.9 Å². The van der Waals surface area contributed by atoms with Gasteiger partial charge in [-0.15, -0.1) is 0 Å². The average molecular weight is 368 g/mol. The Morgan fingerprint density at radius 1 is 1.07 bits per heavy atom. The fraction of sp³-hybridized carbons (Fsp3) is 0.478. The Labute approximate surface area is 160 Å². The Morgan fingerprint density at radius 2 is 1.81 bits per heavy atom. The fourth-order valence-corrected chi connectivity index (χ4v) is 5.74. The number of phenols is 1. The third-order valence-electron chi connectivity index (χ3n) is 7.23. The highest BCUT2D eigenvalue weighted by Crippen LogP contribution is 2.60. The Balaban J connectivity index is 1.86. The van der Waals surface area contributed by atoms with Crippen LogP contribution in [0.5, 0.6) is 5.75 Å². The number of fused-ring (bicyclic) bond motifs is 3. The minimum atomic E-state index is -1.63. The number of aromatic hydroxyl groups is 1. The van der Waals surface area contributed by atoms with Crippen molar-refractivity contribution in [2.45, 2.75) is 55.6 Å². The highest BCUT2D eigenvalue weighted by Gasteiger charge is 2.62. The van der Waals surface area contributed by atoms with Crippen molar-refractivity contribution >= 4 is 0 Å². The van der Waals surface area contributed by atoms with Gasteiger partial charge in [-0.3, -0.25) is 0 Å². The van der Waals surface area contributed by atoms with Gasteiger partial charge >= 0.3 is 0 Å². The normalized spacial score (nSPS) is 35.3. The van der Waals surface area contributed by atoms with Gasteiger partial charge in [0.2, 0.25) is 0 Å². The first-order chi connectivity index (χ1) is 12.9. The van der Waals surface area contributed by atoms with Crippen molar-refractivity contribution in [1.29, 1.82) is 0 Å². The number of aliphatic hydroxyl groups excluding tert-OH is 1. The van der Waals surface area contributed by atoms with Crippen molar-refractivity contribution < 1.29 is 20.4 Å². The van der Waals surface area contributed by atoms with Gasteiger partial charge < -0.3 is 20.4 Å². The van der Waals surface area contributed by atoms with Gasteiger partial charge in [-0.05, 0) is 66.8 Å². The summed E-state index contributed by atoms with van der Waals surface area (Å²) in [4.78, 5) is 0. The molecule has 2 aliphatic carbocycles. The fourth-order valence-electron chi connectivity index (χ4n) is 5.74. The lowest BCUT2D eigenvalue weighted by atomic mass is 9.48. The van der Waals surface area contributed by atoms with Crippen molar-refractivity contribution in [2.24, 2.45) is 5.92 Å². The summed E-state index contributed by atoms with van der Waals surface area (Å²) in [6.07, 6.45) is 3.24. The van der Waals surface area contributed by atoms with E-state index in [4.69, 9.17) is 0 Å². The van der Waals surface area contributed by atoms with Gasteiger partial charge in [0.05, 0.1) is 6.61 Å². The van der Waals surface area contributed by atoms with Crippen LogP contribution < -0.4 is 0 Å². The van der Waals surface area contributed by atoms with Crippen LogP contribution in [0.2, 0.25) is 0 Å². The van der Waals surface area contributed by atoms with E-state index in [0.29, 0.717) is 18.4 Å². The molecule has 4 N–H and O–H groups in total. The number of aliphatic hydroxyl groups is 3. The lowest BCUT2D eigenvalue weighted by molar-refractivity contribution is -0.229. The molecule has 27 heavy (non-hydrogen) atoms. The molecule has 4 rings (SSSR count). The third kappa shape index (κ3) is 2.54. The van der Waals surface area contributed by atoms with Crippen molar-refractivity contribution in [2.75, 3.05) is 6.61 Å². The van der Waals surface area contributed by atoms with E-state index in [1.807, 2.05) is 42.5 Å². The second-order valence-corrected chi connectivity index (χ2v) is 8.38. The first kappa shape index (κ1) is 18.5. The van der Waals surface area contributed by atoms with Crippen LogP contribution >= 0.6 is 0 Å². The predicted octanol–water partition coefficient (Wildman–Crippen LogP) is 3.01. The van der Waals surface area contributed by atoms with E-state index < -0.39 is 17.8 Å². The first-order valence-electron chi connectivity index (χ1n) is 9.82. The highest BCUT2D eigenvalue weighted by molar-refractivity contribution is 5.45. The van der Waals surface area contributed by atoms with E-state index in [1.165, 1.54) is 0 Å². The van der Waals surface area contributed by atoms with Crippen molar-refractivity contribution in [3.05, 3.63) is 65.2 Å². The van der Waals surface area contributed by atoms with Crippen LogP contribution in [0.3, 0.4) is 0 Å². The zero-order valence-electron chi connectivity index (χ0n) is 15.7. The van der Waals surface area contributed by atoms with Crippen LogP contribution in [0.1, 0.15) is 49.3 Å². The molecule has 2 aliphatic rings. The Kier molecular flexibility index (Phi) is 4.34. The van der Waals surface area contributed by atoms with Crippen LogP contribution in [-0.2, 0) is 17.4 Å². The SMILES string of the molecule is CCC12CC(O)(CO)C(O)(c3ccccc3)CC1CCc1cc(O)ccc12. The van der Waals surface area contributed by atoms with Gasteiger partial charge in [0.25, 0.3) is 0 Å². The summed E-state index contributed by atoms with van der Waals surface area (Å²) < 4.78 is 0. The van der Waals surface area contributed by atoms with Crippen LogP contribution in [0.15, 0.2) is 48.5 Å². The molecule has 1 fully saturated rings. The molecule has 4 atom stereocenters. The lowest BCUT2D eigenvalue weighted by Gasteiger charge is -2.59. The molecule has 0 amide bonds. The van der Waals surface area contributed by atoms with E-state index >= 15 is 0 Å². The van der Waals surface area contributed by atoms with Crippen LogP contribution in [0, 0.1) is 5.92 Å². The monoisotopic (exact) mass is 368 g/mol. The van der Waals surface area contributed by atoms with Gasteiger partial charge in [-0.1, -0.05) is 43.3 Å². The van der Waals surface area contributed by atoms with Crippen LogP contribution in [0.25, 0.3) is 0 Å². The number of hydrogen-bond donors (Lipinski definition) is 4. The summed E-state index contributed by atoms with van der Waals surface area (Å²) in [5.41, 5.74) is -0.532. The molecule has 0 saturated heterocycles. The Bertz CT molecular complexity index is 836. The molecule has 0 spiro atoms. The number of rotatable bonds is 3. The first-order valence-corrected chi connectivity index (χ1v) is 9.82. The zero-order valence-corrected chi connectivity index (χ0v) is 15.7. The molecule has 2 aromatic carbocycles. The number of aryl methyl sites for hydroxylation is 1. The molecule has 144 valence electrons. The molecule has 1 saturated carbocycles. The molecule has 0 aromatic heterocycles. The molecule has 4 unspecified atom stereocenters. The Morgan fingerprint density at radius 3 is 2.48 bits per heavy atom. The average Bonchev–Trinajstić information content (AvgIpc) is 2.69. The molecule has 0 aliphatic heterocycles. The summed E-state index contributed by atoms with van der Waals surface area (Å²) in [7, 11) is 0. The molecule has 0 heterocycles. The molecule has 4 heteroatoms. The number of phenolic OH excluding ortho intramolecular Hbond substituents is 1. The molecule has 4 nitrogen and oxygen atoms in total. The largest absolute Gasteiger partial charge is 0.508 e. The van der Waals surface area contributed by atoms with E-state index in [2.05, 4.69) is 6.92 Å². The van der Waals surface area contributed by atoms with Crippen molar-refractivity contribution in [3.8, 4) is 5.75 Å². The van der Waals surface area contributed by atoms with Gasteiger partial charge in [0, 0.05) is 5.41 Å². The minimum Gasteiger partial charge on any atom is -0.508 e. The molecular formula is C23H28O4. The summed E-state index contributed by atoms with van der Waals surface area (Å²) in [6.45, 7) is 1.61. The van der Waals surface area contributed by atoms with Crippen LogP contribution in [-0.4, -0.2) is 32.6 Å². The number of hydrogen-bond acceptors (Lipinski definition) is 4. The van der Waals surface area contributed by atoms with Crippen LogP contribution in [0.4, 0.5) is 0 Å². The maximum Gasteiger partial charge on any atom is 0.121 e. The second kappa shape index (κ2) is 6.33. The quantitative estimate of drug-likeness (QED) is 0.671. The second-order valence-electron chi connectivity index (χ2n) is 8.38. The van der Waals surface area contributed by atoms with E-state index in [1.54, 1.807) is 6.07 Å². The summed E-state index contributed by atoms with van der Waals surface area (Å²) in [5, 5.41) is 43.3. The van der Waals surface area contributed by atoms with Gasteiger partial charge in [-0.2, -0.15) is 0 Å². The number of benzene rings is 2. The summed E-state index contributed by atoms with van der Waals surface area (Å²) in [6, 6.07) is 14.7. The molecule has 0 radical (unpaired) electrons. The smallest absolute Gasteiger partial charge is 0.121 e. The molecule has 2 aromatic rings. The van der Waals surface area contributed by atoms with Gasteiger partial charge in [0.15, 0.2) is 0 Å². The minimum absolute atomic E-state index is 0.191. The van der Waals surface area contributed by atoms with E-state index in [0.717, 1.165) is 30.4 Å². The van der Waals surface area contributed by atoms with E-state index in [9.17, 15) is 20.4 Å². The highest BCUT2D eigenvalue weighted by atomic mass is 16.4. The lowest BCUT2D eigenvalue weighted by Crippen LogP contribution is -2.65. The Hall–Kier alpha value is -1.88. The maximum absolute atomic E-state index is 11.7. The third-order valence-corrected chi connectivity index (χ3v) is 7.23. The molecular weight excluding hydrogens is 340 g/mol. The predicted molar refractivity (Wildman–Crippen MR) is 103 cm³/mol. The van der Waals surface area contributed by atoms with Crippen molar-refractivity contribution in [3.63, 3.8) is 0 Å². The molecule has 0 bridgehead atoms. The zero-order chi connectivity index (χ0) is 19.3. The maximum atomic E-state index is 11.7. The summed E-state index contributed by atoms with van der Waals surface area (Å²) >= 11 is 0.